The third-order valence-electron chi connectivity index (χ3n) is 3.17. The fourth-order valence-electron chi connectivity index (χ4n) is 1.92. The number of carbonyl (C=O) groups is 1. The number of hydrogen-bond donors (Lipinski definition) is 1. The summed E-state index contributed by atoms with van der Waals surface area (Å²) in [5.74, 6) is 0.0196. The summed E-state index contributed by atoms with van der Waals surface area (Å²) in [7, 11) is 0. The molecule has 82 valence electrons. The largest absolute Gasteiger partial charge is 0.318 e. The molecule has 2 heteroatoms. The van der Waals surface area contributed by atoms with Crippen LogP contribution < -0.4 is 5.73 Å². The first-order valence-electron chi connectivity index (χ1n) is 5.19. The van der Waals surface area contributed by atoms with Gasteiger partial charge in [0.15, 0.2) is 5.78 Å². The number of nitrogens with two attached hydrogens (primary N) is 1. The molecular weight excluding hydrogens is 186 g/mol. The van der Waals surface area contributed by atoms with Crippen LogP contribution in [0, 0.1) is 27.7 Å². The van der Waals surface area contributed by atoms with E-state index in [9.17, 15) is 4.79 Å². The third kappa shape index (κ3) is 2.10. The number of ketones is 1. The van der Waals surface area contributed by atoms with Crippen molar-refractivity contribution in [3.63, 3.8) is 0 Å². The lowest BCUT2D eigenvalue weighted by atomic mass is 9.89. The Balaban J connectivity index is 3.45. The average molecular weight is 205 g/mol. The van der Waals surface area contributed by atoms with E-state index in [1.54, 1.807) is 6.92 Å². The predicted octanol–water partition coefficient (Wildman–Crippen LogP) is 2.51. The Kier molecular flexibility index (Phi) is 3.30. The minimum atomic E-state index is -0.483. The fourth-order valence-corrected chi connectivity index (χ4v) is 1.92. The zero-order valence-corrected chi connectivity index (χ0v) is 10.1. The monoisotopic (exact) mass is 205 g/mol. The molecule has 1 unspecified atom stereocenters. The highest BCUT2D eigenvalue weighted by atomic mass is 16.1. The van der Waals surface area contributed by atoms with Gasteiger partial charge in [0, 0.05) is 0 Å². The van der Waals surface area contributed by atoms with Crippen molar-refractivity contribution in [2.75, 3.05) is 0 Å². The molecule has 1 rings (SSSR count). The molecule has 1 aromatic carbocycles. The lowest BCUT2D eigenvalue weighted by Gasteiger charge is -2.19. The molecule has 0 spiro atoms. The van der Waals surface area contributed by atoms with Crippen molar-refractivity contribution in [3.05, 3.63) is 33.9 Å². The van der Waals surface area contributed by atoms with Gasteiger partial charge in [-0.25, -0.2) is 0 Å². The smallest absolute Gasteiger partial charge is 0.151 e. The van der Waals surface area contributed by atoms with Gasteiger partial charge in [-0.15, -0.1) is 0 Å². The van der Waals surface area contributed by atoms with Crippen LogP contribution in [0.4, 0.5) is 0 Å². The zero-order valence-electron chi connectivity index (χ0n) is 10.1. The maximum absolute atomic E-state index is 11.3. The van der Waals surface area contributed by atoms with Gasteiger partial charge in [0.1, 0.15) is 0 Å². The van der Waals surface area contributed by atoms with Crippen LogP contribution in [0.5, 0.6) is 0 Å². The molecule has 0 saturated carbocycles. The SMILES string of the molecule is CC(=O)C(N)c1c(C)c(C)cc(C)c1C. The van der Waals surface area contributed by atoms with Gasteiger partial charge in [-0.05, 0) is 62.4 Å². The van der Waals surface area contributed by atoms with Crippen LogP contribution >= 0.6 is 0 Å². The van der Waals surface area contributed by atoms with E-state index in [4.69, 9.17) is 5.73 Å². The molecule has 0 saturated heterocycles. The molecule has 1 aromatic rings. The maximum Gasteiger partial charge on any atom is 0.151 e. The second-order valence-electron chi connectivity index (χ2n) is 4.26. The molecule has 0 fully saturated rings. The van der Waals surface area contributed by atoms with Crippen LogP contribution in [-0.2, 0) is 4.79 Å². The molecule has 0 bridgehead atoms. The Morgan fingerprint density at radius 3 is 1.87 bits per heavy atom. The number of aryl methyl sites for hydroxylation is 2. The normalized spacial score (nSPS) is 12.7. The summed E-state index contributed by atoms with van der Waals surface area (Å²) in [5, 5.41) is 0. The second-order valence-corrected chi connectivity index (χ2v) is 4.26. The number of Topliss-reactive ketones (excluding diaryl/α,β-unsaturated/α-hetero) is 1. The molecule has 0 aliphatic rings. The Bertz CT molecular complexity index is 381. The van der Waals surface area contributed by atoms with Gasteiger partial charge in [0.2, 0.25) is 0 Å². The number of carbonyl (C=O) groups excluding carboxylic acids is 1. The van der Waals surface area contributed by atoms with Crippen LogP contribution in [0.3, 0.4) is 0 Å². The molecule has 1 atom stereocenters. The van der Waals surface area contributed by atoms with Gasteiger partial charge in [0.05, 0.1) is 6.04 Å². The molecule has 2 N–H and O–H groups in total. The first-order chi connectivity index (χ1) is 6.86. The first kappa shape index (κ1) is 11.9. The van der Waals surface area contributed by atoms with E-state index < -0.39 is 6.04 Å². The Morgan fingerprint density at radius 2 is 1.53 bits per heavy atom. The van der Waals surface area contributed by atoms with Crippen molar-refractivity contribution in [1.29, 1.82) is 0 Å². The van der Waals surface area contributed by atoms with Gasteiger partial charge in [-0.2, -0.15) is 0 Å². The van der Waals surface area contributed by atoms with Crippen molar-refractivity contribution < 1.29 is 4.79 Å². The molecule has 0 aliphatic heterocycles. The summed E-state index contributed by atoms with van der Waals surface area (Å²) < 4.78 is 0. The van der Waals surface area contributed by atoms with Crippen LogP contribution in [0.25, 0.3) is 0 Å². The molecule has 0 amide bonds. The third-order valence-corrected chi connectivity index (χ3v) is 3.17. The summed E-state index contributed by atoms with van der Waals surface area (Å²) in [4.78, 5) is 11.3. The molecule has 15 heavy (non-hydrogen) atoms. The van der Waals surface area contributed by atoms with E-state index in [1.165, 1.54) is 11.1 Å². The van der Waals surface area contributed by atoms with Crippen molar-refractivity contribution >= 4 is 5.78 Å². The highest BCUT2D eigenvalue weighted by Gasteiger charge is 2.18. The fraction of sp³-hybridized carbons (Fsp3) is 0.462. The zero-order chi connectivity index (χ0) is 11.7. The molecule has 0 aliphatic carbocycles. The Labute approximate surface area is 91.5 Å². The molecule has 0 heterocycles. The van der Waals surface area contributed by atoms with E-state index in [0.29, 0.717) is 0 Å². The summed E-state index contributed by atoms with van der Waals surface area (Å²) >= 11 is 0. The van der Waals surface area contributed by atoms with Crippen LogP contribution in [0.2, 0.25) is 0 Å². The number of benzene rings is 1. The van der Waals surface area contributed by atoms with E-state index in [0.717, 1.165) is 16.7 Å². The van der Waals surface area contributed by atoms with E-state index >= 15 is 0 Å². The van der Waals surface area contributed by atoms with Gasteiger partial charge in [-0.3, -0.25) is 4.79 Å². The lowest BCUT2D eigenvalue weighted by molar-refractivity contribution is -0.118. The summed E-state index contributed by atoms with van der Waals surface area (Å²) in [6, 6.07) is 1.66. The van der Waals surface area contributed by atoms with Crippen LogP contribution in [-0.4, -0.2) is 5.78 Å². The van der Waals surface area contributed by atoms with E-state index in [-0.39, 0.29) is 5.78 Å². The minimum absolute atomic E-state index is 0.0196. The van der Waals surface area contributed by atoms with Crippen molar-refractivity contribution in [2.24, 2.45) is 5.73 Å². The summed E-state index contributed by atoms with van der Waals surface area (Å²) in [6.07, 6.45) is 0. The highest BCUT2D eigenvalue weighted by molar-refractivity contribution is 5.83. The van der Waals surface area contributed by atoms with Crippen molar-refractivity contribution in [3.8, 4) is 0 Å². The maximum atomic E-state index is 11.3. The van der Waals surface area contributed by atoms with Crippen molar-refractivity contribution in [1.82, 2.24) is 0 Å². The second kappa shape index (κ2) is 4.15. The van der Waals surface area contributed by atoms with Crippen LogP contribution in [0.1, 0.15) is 40.8 Å². The summed E-state index contributed by atoms with van der Waals surface area (Å²) in [6.45, 7) is 9.71. The quantitative estimate of drug-likeness (QED) is 0.806. The lowest BCUT2D eigenvalue weighted by Crippen LogP contribution is -2.21. The average Bonchev–Trinajstić information content (AvgIpc) is 2.15. The first-order valence-corrected chi connectivity index (χ1v) is 5.19. The Hall–Kier alpha value is -1.15. The van der Waals surface area contributed by atoms with Crippen LogP contribution in [0.15, 0.2) is 6.07 Å². The van der Waals surface area contributed by atoms with Crippen molar-refractivity contribution in [2.45, 2.75) is 40.7 Å². The van der Waals surface area contributed by atoms with Gasteiger partial charge in [0.25, 0.3) is 0 Å². The summed E-state index contributed by atoms with van der Waals surface area (Å²) in [5.41, 5.74) is 11.6. The van der Waals surface area contributed by atoms with Gasteiger partial charge in [-0.1, -0.05) is 6.07 Å². The molecular formula is C13H19NO. The molecule has 0 radical (unpaired) electrons. The van der Waals surface area contributed by atoms with E-state index in [2.05, 4.69) is 19.9 Å². The highest BCUT2D eigenvalue weighted by Crippen LogP contribution is 2.26. The van der Waals surface area contributed by atoms with Gasteiger partial charge >= 0.3 is 0 Å². The van der Waals surface area contributed by atoms with Gasteiger partial charge < -0.3 is 5.73 Å². The standard InChI is InChI=1S/C13H19NO/c1-7-6-8(2)10(4)12(9(7)3)13(14)11(5)15/h6,13H,14H2,1-5H3. The Morgan fingerprint density at radius 1 is 1.13 bits per heavy atom. The topological polar surface area (TPSA) is 43.1 Å². The number of hydrogen-bond acceptors (Lipinski definition) is 2. The number of rotatable bonds is 2. The molecule has 0 aromatic heterocycles. The predicted molar refractivity (Wildman–Crippen MR) is 63.0 cm³/mol. The minimum Gasteiger partial charge on any atom is -0.318 e. The van der Waals surface area contributed by atoms with E-state index in [1.807, 2.05) is 13.8 Å². The molecule has 2 nitrogen and oxygen atoms in total.